The number of carbonyl (C=O) groups is 1. The highest BCUT2D eigenvalue weighted by molar-refractivity contribution is 5.95. The summed E-state index contributed by atoms with van der Waals surface area (Å²) in [6, 6.07) is 20.7. The van der Waals surface area contributed by atoms with Crippen LogP contribution in [0.1, 0.15) is 34.7 Å². The van der Waals surface area contributed by atoms with Gasteiger partial charge in [-0.05, 0) is 55.0 Å². The van der Waals surface area contributed by atoms with Crippen molar-refractivity contribution in [2.75, 3.05) is 21.3 Å². The molecule has 0 aliphatic rings. The Kier molecular flexibility index (Phi) is 6.49. The highest BCUT2D eigenvalue weighted by atomic mass is 16.5. The van der Waals surface area contributed by atoms with E-state index in [-0.39, 0.29) is 11.9 Å². The SMILES string of the molecule is COc1ccc(Cn2c(C(C)NC(=O)c3ccc(OC)c(OC)c3)nc3ccccc32)cc1. The Morgan fingerprint density at radius 1 is 0.939 bits per heavy atom. The van der Waals surface area contributed by atoms with E-state index in [1.165, 1.54) is 0 Å². The molecule has 0 bridgehead atoms. The van der Waals surface area contributed by atoms with Crippen LogP contribution < -0.4 is 19.5 Å². The lowest BCUT2D eigenvalue weighted by Crippen LogP contribution is -2.29. The first-order chi connectivity index (χ1) is 16.0. The number of aromatic nitrogens is 2. The van der Waals surface area contributed by atoms with Crippen molar-refractivity contribution in [3.8, 4) is 17.2 Å². The largest absolute Gasteiger partial charge is 0.497 e. The highest BCUT2D eigenvalue weighted by Gasteiger charge is 2.20. The van der Waals surface area contributed by atoms with Crippen LogP contribution in [-0.2, 0) is 6.54 Å². The van der Waals surface area contributed by atoms with Crippen molar-refractivity contribution in [1.82, 2.24) is 14.9 Å². The number of ether oxygens (including phenoxy) is 3. The van der Waals surface area contributed by atoms with Crippen LogP contribution in [0, 0.1) is 0 Å². The van der Waals surface area contributed by atoms with E-state index in [4.69, 9.17) is 19.2 Å². The number of fused-ring (bicyclic) bond motifs is 1. The molecule has 0 saturated heterocycles. The van der Waals surface area contributed by atoms with Gasteiger partial charge in [0, 0.05) is 12.1 Å². The second-order valence-corrected chi connectivity index (χ2v) is 7.66. The lowest BCUT2D eigenvalue weighted by molar-refractivity contribution is 0.0937. The van der Waals surface area contributed by atoms with Gasteiger partial charge in [-0.15, -0.1) is 0 Å². The maximum atomic E-state index is 13.0. The Hall–Kier alpha value is -4.00. The molecular weight excluding hydrogens is 418 g/mol. The molecule has 1 heterocycles. The predicted octanol–water partition coefficient (Wildman–Crippen LogP) is 4.60. The Balaban J connectivity index is 1.63. The van der Waals surface area contributed by atoms with E-state index in [0.29, 0.717) is 23.6 Å². The molecule has 0 saturated carbocycles. The predicted molar refractivity (Wildman–Crippen MR) is 127 cm³/mol. The van der Waals surface area contributed by atoms with Crippen molar-refractivity contribution < 1.29 is 19.0 Å². The third kappa shape index (κ3) is 4.62. The van der Waals surface area contributed by atoms with Crippen molar-refractivity contribution in [1.29, 1.82) is 0 Å². The molecule has 4 aromatic rings. The molecule has 7 nitrogen and oxygen atoms in total. The van der Waals surface area contributed by atoms with Crippen LogP contribution >= 0.6 is 0 Å². The second-order valence-electron chi connectivity index (χ2n) is 7.66. The minimum absolute atomic E-state index is 0.216. The van der Waals surface area contributed by atoms with Crippen LogP contribution in [0.4, 0.5) is 0 Å². The van der Waals surface area contributed by atoms with Crippen LogP contribution in [0.5, 0.6) is 17.2 Å². The average Bonchev–Trinajstić information content (AvgIpc) is 3.22. The number of para-hydroxylation sites is 2. The number of nitrogens with one attached hydrogen (secondary N) is 1. The number of methoxy groups -OCH3 is 3. The molecular formula is C26H27N3O4. The summed E-state index contributed by atoms with van der Waals surface area (Å²) in [6.07, 6.45) is 0. The zero-order valence-electron chi connectivity index (χ0n) is 19.2. The third-order valence-corrected chi connectivity index (χ3v) is 5.56. The summed E-state index contributed by atoms with van der Waals surface area (Å²) >= 11 is 0. The fourth-order valence-electron chi connectivity index (χ4n) is 3.83. The van der Waals surface area contributed by atoms with Crippen LogP contribution in [0.3, 0.4) is 0 Å². The smallest absolute Gasteiger partial charge is 0.251 e. The molecule has 0 spiro atoms. The quantitative estimate of drug-likeness (QED) is 0.429. The molecule has 1 aromatic heterocycles. The number of benzene rings is 3. The van der Waals surface area contributed by atoms with Gasteiger partial charge in [-0.3, -0.25) is 4.79 Å². The van der Waals surface area contributed by atoms with Crippen molar-refractivity contribution in [3.63, 3.8) is 0 Å². The molecule has 4 rings (SSSR count). The van der Waals surface area contributed by atoms with Crippen molar-refractivity contribution in [2.45, 2.75) is 19.5 Å². The Bertz CT molecular complexity index is 1260. The topological polar surface area (TPSA) is 74.6 Å². The van der Waals surface area contributed by atoms with E-state index in [9.17, 15) is 4.79 Å². The van der Waals surface area contributed by atoms with E-state index >= 15 is 0 Å². The van der Waals surface area contributed by atoms with Gasteiger partial charge in [0.2, 0.25) is 0 Å². The molecule has 170 valence electrons. The van der Waals surface area contributed by atoms with Gasteiger partial charge in [-0.1, -0.05) is 24.3 Å². The highest BCUT2D eigenvalue weighted by Crippen LogP contribution is 2.28. The molecule has 1 unspecified atom stereocenters. The molecule has 0 fully saturated rings. The molecule has 0 aliphatic carbocycles. The van der Waals surface area contributed by atoms with Gasteiger partial charge in [0.05, 0.1) is 38.4 Å². The first-order valence-electron chi connectivity index (χ1n) is 10.6. The Labute approximate surface area is 192 Å². The zero-order chi connectivity index (χ0) is 23.4. The third-order valence-electron chi connectivity index (χ3n) is 5.56. The number of imidazole rings is 1. The van der Waals surface area contributed by atoms with Crippen LogP contribution in [-0.4, -0.2) is 36.8 Å². The van der Waals surface area contributed by atoms with Gasteiger partial charge in [0.15, 0.2) is 11.5 Å². The Morgan fingerprint density at radius 2 is 1.67 bits per heavy atom. The number of hydrogen-bond donors (Lipinski definition) is 1. The van der Waals surface area contributed by atoms with Gasteiger partial charge < -0.3 is 24.1 Å². The monoisotopic (exact) mass is 445 g/mol. The lowest BCUT2D eigenvalue weighted by atomic mass is 10.1. The number of amides is 1. The van der Waals surface area contributed by atoms with Crippen LogP contribution in [0.15, 0.2) is 66.7 Å². The normalized spacial score (nSPS) is 11.8. The van der Waals surface area contributed by atoms with E-state index < -0.39 is 0 Å². The fraction of sp³-hybridized carbons (Fsp3) is 0.231. The first kappa shape index (κ1) is 22.2. The van der Waals surface area contributed by atoms with Gasteiger partial charge >= 0.3 is 0 Å². The van der Waals surface area contributed by atoms with E-state index in [0.717, 1.165) is 28.2 Å². The van der Waals surface area contributed by atoms with Gasteiger partial charge in [0.1, 0.15) is 11.6 Å². The van der Waals surface area contributed by atoms with Gasteiger partial charge in [-0.25, -0.2) is 4.98 Å². The van der Waals surface area contributed by atoms with Gasteiger partial charge in [0.25, 0.3) is 5.91 Å². The standard InChI is InChI=1S/C26H27N3O4/c1-17(27-26(30)19-11-14-23(32-3)24(15-19)33-4)25-28-21-7-5-6-8-22(21)29(25)16-18-9-12-20(31-2)13-10-18/h5-15,17H,16H2,1-4H3,(H,27,30). The summed E-state index contributed by atoms with van der Waals surface area (Å²) in [4.78, 5) is 17.8. The number of nitrogens with zero attached hydrogens (tertiary/aromatic N) is 2. The molecule has 0 aliphatic heterocycles. The van der Waals surface area contributed by atoms with Crippen LogP contribution in [0.2, 0.25) is 0 Å². The number of carbonyl (C=O) groups excluding carboxylic acids is 1. The van der Waals surface area contributed by atoms with E-state index in [1.807, 2.05) is 55.5 Å². The van der Waals surface area contributed by atoms with Crippen molar-refractivity contribution in [3.05, 3.63) is 83.7 Å². The van der Waals surface area contributed by atoms with E-state index in [1.54, 1.807) is 39.5 Å². The molecule has 7 heteroatoms. The summed E-state index contributed by atoms with van der Waals surface area (Å²) in [7, 11) is 4.76. The zero-order valence-corrected chi connectivity index (χ0v) is 19.2. The van der Waals surface area contributed by atoms with Gasteiger partial charge in [-0.2, -0.15) is 0 Å². The lowest BCUT2D eigenvalue weighted by Gasteiger charge is -2.17. The van der Waals surface area contributed by atoms with Crippen molar-refractivity contribution >= 4 is 16.9 Å². The minimum Gasteiger partial charge on any atom is -0.497 e. The summed E-state index contributed by atoms with van der Waals surface area (Å²) in [5.41, 5.74) is 3.49. The summed E-state index contributed by atoms with van der Waals surface area (Å²) in [6.45, 7) is 2.56. The molecule has 3 aromatic carbocycles. The molecule has 33 heavy (non-hydrogen) atoms. The van der Waals surface area contributed by atoms with Crippen LogP contribution in [0.25, 0.3) is 11.0 Å². The second kappa shape index (κ2) is 9.65. The minimum atomic E-state index is -0.323. The van der Waals surface area contributed by atoms with Crippen molar-refractivity contribution in [2.24, 2.45) is 0 Å². The Morgan fingerprint density at radius 3 is 2.36 bits per heavy atom. The average molecular weight is 446 g/mol. The summed E-state index contributed by atoms with van der Waals surface area (Å²) < 4.78 is 18.0. The summed E-state index contributed by atoms with van der Waals surface area (Å²) in [5, 5.41) is 3.07. The molecule has 0 radical (unpaired) electrons. The molecule has 1 atom stereocenters. The maximum absolute atomic E-state index is 13.0. The molecule has 1 amide bonds. The number of rotatable bonds is 8. The summed E-state index contributed by atoms with van der Waals surface area (Å²) in [5.74, 6) is 2.45. The van der Waals surface area contributed by atoms with E-state index in [2.05, 4.69) is 9.88 Å². The fourth-order valence-corrected chi connectivity index (χ4v) is 3.83. The molecule has 1 N–H and O–H groups in total. The number of hydrogen-bond acceptors (Lipinski definition) is 5. The first-order valence-corrected chi connectivity index (χ1v) is 10.6. The maximum Gasteiger partial charge on any atom is 0.251 e.